The first-order valence-corrected chi connectivity index (χ1v) is 7.68. The topological polar surface area (TPSA) is 49.3 Å². The Balaban J connectivity index is 3.48. The van der Waals surface area contributed by atoms with E-state index in [9.17, 15) is 9.90 Å². The molecule has 0 aromatic heterocycles. The fraction of sp³-hybridized carbons (Fsp3) is 0.812. The number of nitrogens with one attached hydrogen (secondary N) is 1. The second-order valence-corrected chi connectivity index (χ2v) is 5.32. The van der Waals surface area contributed by atoms with Gasteiger partial charge in [-0.1, -0.05) is 51.2 Å². The Morgan fingerprint density at radius 1 is 1.16 bits per heavy atom. The van der Waals surface area contributed by atoms with Crippen molar-refractivity contribution in [3.63, 3.8) is 0 Å². The summed E-state index contributed by atoms with van der Waals surface area (Å²) >= 11 is 0. The predicted molar refractivity (Wildman–Crippen MR) is 81.0 cm³/mol. The summed E-state index contributed by atoms with van der Waals surface area (Å²) in [6.07, 6.45) is 13.2. The molecule has 0 radical (unpaired) electrons. The lowest BCUT2D eigenvalue weighted by Crippen LogP contribution is -2.39. The molecule has 0 aromatic rings. The van der Waals surface area contributed by atoms with E-state index in [1.807, 2.05) is 13.0 Å². The maximum Gasteiger partial charge on any atom is 0.217 e. The van der Waals surface area contributed by atoms with Crippen LogP contribution in [0.3, 0.4) is 0 Å². The van der Waals surface area contributed by atoms with Crippen LogP contribution >= 0.6 is 0 Å². The van der Waals surface area contributed by atoms with E-state index in [1.165, 1.54) is 45.4 Å². The fourth-order valence-electron chi connectivity index (χ4n) is 2.02. The Morgan fingerprint density at radius 3 is 2.42 bits per heavy atom. The van der Waals surface area contributed by atoms with Gasteiger partial charge in [-0.3, -0.25) is 4.79 Å². The molecule has 112 valence electrons. The second-order valence-electron chi connectivity index (χ2n) is 5.32. The van der Waals surface area contributed by atoms with Gasteiger partial charge >= 0.3 is 0 Å². The smallest absolute Gasteiger partial charge is 0.217 e. The van der Waals surface area contributed by atoms with Crippen LogP contribution in [0.15, 0.2) is 12.2 Å². The summed E-state index contributed by atoms with van der Waals surface area (Å²) < 4.78 is 0. The summed E-state index contributed by atoms with van der Waals surface area (Å²) in [5, 5.41) is 12.5. The highest BCUT2D eigenvalue weighted by atomic mass is 16.3. The van der Waals surface area contributed by atoms with Crippen molar-refractivity contribution in [2.45, 2.75) is 84.3 Å². The van der Waals surface area contributed by atoms with Crippen LogP contribution in [-0.2, 0) is 4.79 Å². The molecule has 0 aromatic carbocycles. The van der Waals surface area contributed by atoms with Gasteiger partial charge in [0.2, 0.25) is 5.91 Å². The summed E-state index contributed by atoms with van der Waals surface area (Å²) in [5.74, 6) is -0.0948. The van der Waals surface area contributed by atoms with Gasteiger partial charge in [-0.15, -0.1) is 0 Å². The molecule has 2 atom stereocenters. The zero-order valence-electron chi connectivity index (χ0n) is 12.8. The fourth-order valence-corrected chi connectivity index (χ4v) is 2.02. The van der Waals surface area contributed by atoms with E-state index < -0.39 is 6.10 Å². The molecule has 0 saturated carbocycles. The number of amides is 1. The molecule has 3 heteroatoms. The highest BCUT2D eigenvalue weighted by Gasteiger charge is 2.12. The van der Waals surface area contributed by atoms with Crippen LogP contribution < -0.4 is 5.32 Å². The highest BCUT2D eigenvalue weighted by Crippen LogP contribution is 2.08. The average molecular weight is 269 g/mol. The van der Waals surface area contributed by atoms with E-state index >= 15 is 0 Å². The lowest BCUT2D eigenvalue weighted by Gasteiger charge is -2.17. The molecule has 2 N–H and O–H groups in total. The maximum atomic E-state index is 10.8. The Hall–Kier alpha value is -0.830. The summed E-state index contributed by atoms with van der Waals surface area (Å²) in [6, 6.07) is -0.184. The van der Waals surface area contributed by atoms with Gasteiger partial charge in [-0.25, -0.2) is 0 Å². The standard InChI is InChI=1S/C16H31NO2/c1-4-5-6-7-8-9-10-11-12-13-16(19)14(2)17-15(3)18/h11-12,14,16,19H,4-10,13H2,1-3H3,(H,17,18)/b12-11-/t14-,16+/m0/s1. The molecule has 0 spiro atoms. The molecule has 0 heterocycles. The molecule has 0 bridgehead atoms. The summed E-state index contributed by atoms with van der Waals surface area (Å²) in [4.78, 5) is 10.8. The van der Waals surface area contributed by atoms with Gasteiger partial charge in [0.05, 0.1) is 12.1 Å². The van der Waals surface area contributed by atoms with Crippen LogP contribution in [0.4, 0.5) is 0 Å². The third kappa shape index (κ3) is 12.0. The van der Waals surface area contributed by atoms with Crippen molar-refractivity contribution in [2.24, 2.45) is 0 Å². The lowest BCUT2D eigenvalue weighted by atomic mass is 10.1. The third-order valence-corrected chi connectivity index (χ3v) is 3.28. The van der Waals surface area contributed by atoms with Crippen molar-refractivity contribution in [1.82, 2.24) is 5.32 Å². The van der Waals surface area contributed by atoms with Crippen LogP contribution in [0, 0.1) is 0 Å². The highest BCUT2D eigenvalue weighted by molar-refractivity contribution is 5.73. The van der Waals surface area contributed by atoms with Crippen LogP contribution in [0.1, 0.15) is 72.1 Å². The van der Waals surface area contributed by atoms with Crippen molar-refractivity contribution >= 4 is 5.91 Å². The first-order chi connectivity index (χ1) is 9.07. The number of allylic oxidation sites excluding steroid dienone is 1. The Morgan fingerprint density at radius 2 is 1.79 bits per heavy atom. The molecular weight excluding hydrogens is 238 g/mol. The normalized spacial score (nSPS) is 14.5. The summed E-state index contributed by atoms with van der Waals surface area (Å²) in [5.41, 5.74) is 0. The Kier molecular flexibility index (Phi) is 11.7. The van der Waals surface area contributed by atoms with Gasteiger partial charge in [0.25, 0.3) is 0 Å². The largest absolute Gasteiger partial charge is 0.391 e. The Bertz CT molecular complexity index is 251. The molecule has 0 rings (SSSR count). The number of aliphatic hydroxyl groups is 1. The van der Waals surface area contributed by atoms with E-state index in [4.69, 9.17) is 0 Å². The van der Waals surface area contributed by atoms with Crippen LogP contribution in [-0.4, -0.2) is 23.2 Å². The number of carbonyl (C=O) groups excluding carboxylic acids is 1. The molecule has 3 nitrogen and oxygen atoms in total. The molecule has 0 fully saturated rings. The Labute approximate surface area is 118 Å². The van der Waals surface area contributed by atoms with E-state index in [2.05, 4.69) is 18.3 Å². The van der Waals surface area contributed by atoms with Gasteiger partial charge < -0.3 is 10.4 Å². The average Bonchev–Trinajstić information content (AvgIpc) is 2.35. The number of carbonyl (C=O) groups is 1. The van der Waals surface area contributed by atoms with Gasteiger partial charge in [-0.2, -0.15) is 0 Å². The van der Waals surface area contributed by atoms with E-state index in [-0.39, 0.29) is 11.9 Å². The van der Waals surface area contributed by atoms with E-state index in [0.717, 1.165) is 6.42 Å². The van der Waals surface area contributed by atoms with Gasteiger partial charge in [0, 0.05) is 6.92 Å². The predicted octanol–water partition coefficient (Wildman–Crippen LogP) is 3.57. The molecular formula is C16H31NO2. The molecule has 19 heavy (non-hydrogen) atoms. The number of aliphatic hydroxyl groups excluding tert-OH is 1. The zero-order valence-corrected chi connectivity index (χ0v) is 12.8. The summed E-state index contributed by atoms with van der Waals surface area (Å²) in [7, 11) is 0. The molecule has 0 saturated heterocycles. The van der Waals surface area contributed by atoms with Crippen LogP contribution in [0.5, 0.6) is 0 Å². The SMILES string of the molecule is CCCCCCCC/C=C\C[C@@H](O)[C@H](C)NC(C)=O. The lowest BCUT2D eigenvalue weighted by molar-refractivity contribution is -0.120. The molecule has 0 aliphatic heterocycles. The quantitative estimate of drug-likeness (QED) is 0.445. The van der Waals surface area contributed by atoms with Crippen molar-refractivity contribution < 1.29 is 9.90 Å². The van der Waals surface area contributed by atoms with Gasteiger partial charge in [0.1, 0.15) is 0 Å². The number of unbranched alkanes of at least 4 members (excludes halogenated alkanes) is 6. The van der Waals surface area contributed by atoms with E-state index in [0.29, 0.717) is 6.42 Å². The van der Waals surface area contributed by atoms with Crippen molar-refractivity contribution in [1.29, 1.82) is 0 Å². The number of rotatable bonds is 11. The summed E-state index contributed by atoms with van der Waals surface area (Å²) in [6.45, 7) is 5.53. The van der Waals surface area contributed by atoms with Crippen LogP contribution in [0.2, 0.25) is 0 Å². The molecule has 0 aliphatic carbocycles. The van der Waals surface area contributed by atoms with Gasteiger partial charge in [-0.05, 0) is 26.2 Å². The minimum Gasteiger partial charge on any atom is -0.391 e. The van der Waals surface area contributed by atoms with Gasteiger partial charge in [0.15, 0.2) is 0 Å². The monoisotopic (exact) mass is 269 g/mol. The third-order valence-electron chi connectivity index (χ3n) is 3.28. The van der Waals surface area contributed by atoms with Crippen LogP contribution in [0.25, 0.3) is 0 Å². The molecule has 0 unspecified atom stereocenters. The number of hydrogen-bond acceptors (Lipinski definition) is 2. The minimum atomic E-state index is -0.496. The molecule has 1 amide bonds. The van der Waals surface area contributed by atoms with Crippen molar-refractivity contribution in [3.05, 3.63) is 12.2 Å². The number of hydrogen-bond donors (Lipinski definition) is 2. The van der Waals surface area contributed by atoms with Crippen molar-refractivity contribution in [2.75, 3.05) is 0 Å². The zero-order chi connectivity index (χ0) is 14.5. The second kappa shape index (κ2) is 12.2. The minimum absolute atomic E-state index is 0.0948. The molecule has 0 aliphatic rings. The first kappa shape index (κ1) is 18.2. The first-order valence-electron chi connectivity index (χ1n) is 7.68. The van der Waals surface area contributed by atoms with E-state index in [1.54, 1.807) is 0 Å². The van der Waals surface area contributed by atoms with Crippen molar-refractivity contribution in [3.8, 4) is 0 Å². The maximum absolute atomic E-state index is 10.8.